The third-order valence-electron chi connectivity index (χ3n) is 1.41. The van der Waals surface area contributed by atoms with Gasteiger partial charge >= 0.3 is 0 Å². The van der Waals surface area contributed by atoms with Crippen molar-refractivity contribution in [3.05, 3.63) is 35.9 Å². The zero-order valence-electron chi connectivity index (χ0n) is 7.36. The highest BCUT2D eigenvalue weighted by molar-refractivity contribution is 5.58. The Morgan fingerprint density at radius 2 is 1.33 bits per heavy atom. The highest BCUT2D eigenvalue weighted by atomic mass is 14.8. The summed E-state index contributed by atoms with van der Waals surface area (Å²) in [6, 6.07) is 0. The van der Waals surface area contributed by atoms with Crippen molar-refractivity contribution in [1.82, 2.24) is 9.97 Å². The summed E-state index contributed by atoms with van der Waals surface area (Å²) in [6.45, 7) is 3.93. The Morgan fingerprint density at radius 1 is 0.917 bits per heavy atom. The lowest BCUT2D eigenvalue weighted by Crippen LogP contribution is -1.88. The summed E-state index contributed by atoms with van der Waals surface area (Å²) in [5, 5.41) is 0. The van der Waals surface area contributed by atoms with Crippen molar-refractivity contribution < 1.29 is 0 Å². The van der Waals surface area contributed by atoms with Crippen molar-refractivity contribution in [1.29, 1.82) is 0 Å². The lowest BCUT2D eigenvalue weighted by atomic mass is 10.2. The molecule has 2 heteroatoms. The smallest absolute Gasteiger partial charge is 0.0883 e. The van der Waals surface area contributed by atoms with Crippen molar-refractivity contribution in [2.45, 2.75) is 13.8 Å². The molecule has 1 aromatic heterocycles. The molecule has 0 saturated carbocycles. The first-order valence-electron chi connectivity index (χ1n) is 3.95. The van der Waals surface area contributed by atoms with Gasteiger partial charge < -0.3 is 0 Å². The maximum absolute atomic E-state index is 4.19. The molecule has 0 N–H and O–H groups in total. The molecule has 0 saturated heterocycles. The molecule has 0 bridgehead atoms. The Labute approximate surface area is 72.7 Å². The monoisotopic (exact) mass is 160 g/mol. The van der Waals surface area contributed by atoms with Crippen LogP contribution >= 0.6 is 0 Å². The molecular weight excluding hydrogens is 148 g/mol. The highest BCUT2D eigenvalue weighted by Gasteiger charge is 1.94. The van der Waals surface area contributed by atoms with E-state index in [2.05, 4.69) is 9.97 Å². The lowest BCUT2D eigenvalue weighted by molar-refractivity contribution is 1.16. The lowest BCUT2D eigenvalue weighted by Gasteiger charge is -1.96. The molecule has 0 unspecified atom stereocenters. The minimum atomic E-state index is 0.915. The summed E-state index contributed by atoms with van der Waals surface area (Å²) in [7, 11) is 0. The van der Waals surface area contributed by atoms with Crippen LogP contribution in [0.4, 0.5) is 0 Å². The zero-order valence-corrected chi connectivity index (χ0v) is 7.36. The molecule has 0 aromatic carbocycles. The van der Waals surface area contributed by atoms with E-state index in [0.717, 1.165) is 11.4 Å². The molecule has 0 aliphatic heterocycles. The Morgan fingerprint density at radius 3 is 1.67 bits per heavy atom. The van der Waals surface area contributed by atoms with Crippen LogP contribution in [0, 0.1) is 0 Å². The van der Waals surface area contributed by atoms with E-state index in [4.69, 9.17) is 0 Å². The van der Waals surface area contributed by atoms with Gasteiger partial charge in [-0.15, -0.1) is 0 Å². The van der Waals surface area contributed by atoms with Gasteiger partial charge in [0.1, 0.15) is 0 Å². The number of hydrogen-bond acceptors (Lipinski definition) is 2. The molecule has 0 aliphatic carbocycles. The second kappa shape index (κ2) is 4.44. The van der Waals surface area contributed by atoms with E-state index in [9.17, 15) is 0 Å². The van der Waals surface area contributed by atoms with Crippen molar-refractivity contribution in [2.75, 3.05) is 0 Å². The Bertz CT molecular complexity index is 269. The predicted molar refractivity (Wildman–Crippen MR) is 51.4 cm³/mol. The maximum Gasteiger partial charge on any atom is 0.0883 e. The average molecular weight is 160 g/mol. The van der Waals surface area contributed by atoms with E-state index < -0.39 is 0 Å². The quantitative estimate of drug-likeness (QED) is 0.664. The highest BCUT2D eigenvalue weighted by Crippen LogP contribution is 2.05. The van der Waals surface area contributed by atoms with E-state index in [0.29, 0.717) is 0 Å². The molecule has 0 aliphatic rings. The summed E-state index contributed by atoms with van der Waals surface area (Å²) < 4.78 is 0. The Balaban J connectivity index is 3.08. The fourth-order valence-corrected chi connectivity index (χ4v) is 0.932. The minimum Gasteiger partial charge on any atom is -0.253 e. The van der Waals surface area contributed by atoms with Crippen molar-refractivity contribution in [3.8, 4) is 0 Å². The molecule has 2 nitrogen and oxygen atoms in total. The molecule has 62 valence electrons. The summed E-state index contributed by atoms with van der Waals surface area (Å²) in [4.78, 5) is 8.37. The van der Waals surface area contributed by atoms with Gasteiger partial charge in [0.2, 0.25) is 0 Å². The SMILES string of the molecule is C/C=C\c1nccnc1/C=C\C. The third-order valence-corrected chi connectivity index (χ3v) is 1.41. The zero-order chi connectivity index (χ0) is 8.81. The van der Waals surface area contributed by atoms with Crippen LogP contribution < -0.4 is 0 Å². The van der Waals surface area contributed by atoms with Crippen LogP contribution in [0.5, 0.6) is 0 Å². The van der Waals surface area contributed by atoms with Gasteiger partial charge in [0.05, 0.1) is 11.4 Å². The Hall–Kier alpha value is -1.44. The van der Waals surface area contributed by atoms with Crippen LogP contribution in [0.15, 0.2) is 24.5 Å². The third kappa shape index (κ3) is 2.02. The average Bonchev–Trinajstić information content (AvgIpc) is 2.09. The molecule has 12 heavy (non-hydrogen) atoms. The molecule has 0 spiro atoms. The van der Waals surface area contributed by atoms with Gasteiger partial charge in [-0.2, -0.15) is 0 Å². The van der Waals surface area contributed by atoms with E-state index in [1.54, 1.807) is 12.4 Å². The molecule has 0 radical (unpaired) electrons. The van der Waals surface area contributed by atoms with Gasteiger partial charge in [-0.25, -0.2) is 0 Å². The van der Waals surface area contributed by atoms with E-state index in [1.807, 2.05) is 38.2 Å². The topological polar surface area (TPSA) is 25.8 Å². The first kappa shape index (κ1) is 8.65. The van der Waals surface area contributed by atoms with Crippen LogP contribution in [0.3, 0.4) is 0 Å². The van der Waals surface area contributed by atoms with Gasteiger partial charge in [0.15, 0.2) is 0 Å². The van der Waals surface area contributed by atoms with Gasteiger partial charge in [-0.3, -0.25) is 9.97 Å². The molecule has 1 rings (SSSR count). The first-order chi connectivity index (χ1) is 5.88. The van der Waals surface area contributed by atoms with Crippen molar-refractivity contribution in [3.63, 3.8) is 0 Å². The number of aromatic nitrogens is 2. The fraction of sp³-hybridized carbons (Fsp3) is 0.200. The van der Waals surface area contributed by atoms with E-state index in [-0.39, 0.29) is 0 Å². The molecule has 1 heterocycles. The van der Waals surface area contributed by atoms with E-state index in [1.165, 1.54) is 0 Å². The summed E-state index contributed by atoms with van der Waals surface area (Å²) in [5.41, 5.74) is 1.83. The maximum atomic E-state index is 4.19. The largest absolute Gasteiger partial charge is 0.253 e. The normalized spacial score (nSPS) is 11.5. The van der Waals surface area contributed by atoms with Crippen LogP contribution in [-0.2, 0) is 0 Å². The van der Waals surface area contributed by atoms with Crippen LogP contribution in [0.25, 0.3) is 12.2 Å². The molecule has 0 atom stereocenters. The number of nitrogens with zero attached hydrogens (tertiary/aromatic N) is 2. The van der Waals surface area contributed by atoms with Crippen molar-refractivity contribution >= 4 is 12.2 Å². The van der Waals surface area contributed by atoms with Crippen molar-refractivity contribution in [2.24, 2.45) is 0 Å². The number of rotatable bonds is 2. The predicted octanol–water partition coefficient (Wildman–Crippen LogP) is 2.54. The second-order valence-electron chi connectivity index (χ2n) is 2.33. The molecular formula is C10H12N2. The Kier molecular flexibility index (Phi) is 3.20. The fourth-order valence-electron chi connectivity index (χ4n) is 0.932. The second-order valence-corrected chi connectivity index (χ2v) is 2.33. The van der Waals surface area contributed by atoms with Crippen LogP contribution in [0.2, 0.25) is 0 Å². The first-order valence-corrected chi connectivity index (χ1v) is 3.95. The standard InChI is InChI=1S/C10H12N2/c1-3-5-9-10(6-4-2)12-8-7-11-9/h3-8H,1-2H3/b5-3-,6-4-. The van der Waals surface area contributed by atoms with E-state index >= 15 is 0 Å². The van der Waals surface area contributed by atoms with Gasteiger partial charge in [-0.1, -0.05) is 12.2 Å². The molecule has 0 fully saturated rings. The summed E-state index contributed by atoms with van der Waals surface area (Å²) in [6.07, 6.45) is 11.2. The summed E-state index contributed by atoms with van der Waals surface area (Å²) in [5.74, 6) is 0. The number of allylic oxidation sites excluding steroid dienone is 2. The molecule has 1 aromatic rings. The van der Waals surface area contributed by atoms with Crippen LogP contribution in [-0.4, -0.2) is 9.97 Å². The van der Waals surface area contributed by atoms with Gasteiger partial charge in [-0.05, 0) is 26.0 Å². The van der Waals surface area contributed by atoms with Gasteiger partial charge in [0, 0.05) is 12.4 Å². The molecule has 0 amide bonds. The van der Waals surface area contributed by atoms with Crippen LogP contribution in [0.1, 0.15) is 25.2 Å². The number of hydrogen-bond donors (Lipinski definition) is 0. The minimum absolute atomic E-state index is 0.915. The summed E-state index contributed by atoms with van der Waals surface area (Å²) >= 11 is 0. The van der Waals surface area contributed by atoms with Gasteiger partial charge in [0.25, 0.3) is 0 Å².